The Balaban J connectivity index is 2.04. The Morgan fingerprint density at radius 2 is 1.89 bits per heavy atom. The van der Waals surface area contributed by atoms with Gasteiger partial charge >= 0.3 is 0 Å². The Hall–Kier alpha value is -1.00. The van der Waals surface area contributed by atoms with Gasteiger partial charge in [0.2, 0.25) is 0 Å². The summed E-state index contributed by atoms with van der Waals surface area (Å²) in [5, 5.41) is 10.0. The first-order valence-electron chi connectivity index (χ1n) is 6.33. The van der Waals surface area contributed by atoms with E-state index in [-0.39, 0.29) is 5.56 Å². The molecule has 1 N–H and O–H groups in total. The van der Waals surface area contributed by atoms with E-state index < -0.39 is 17.7 Å². The molecular weight excluding hydrogens is 236 g/mol. The third kappa shape index (κ3) is 2.70. The molecule has 1 heterocycles. The zero-order chi connectivity index (χ0) is 13.3. The molecule has 3 atom stereocenters. The van der Waals surface area contributed by atoms with E-state index in [9.17, 15) is 13.9 Å². The maximum atomic E-state index is 13.5. The van der Waals surface area contributed by atoms with Crippen LogP contribution >= 0.6 is 0 Å². The molecule has 1 aliphatic heterocycles. The quantitative estimate of drug-likeness (QED) is 0.897. The van der Waals surface area contributed by atoms with E-state index in [2.05, 4.69) is 18.7 Å². The highest BCUT2D eigenvalue weighted by Crippen LogP contribution is 2.26. The maximum absolute atomic E-state index is 13.5. The molecule has 1 saturated heterocycles. The van der Waals surface area contributed by atoms with Gasteiger partial charge in [0.05, 0.1) is 6.10 Å². The zero-order valence-corrected chi connectivity index (χ0v) is 10.7. The van der Waals surface area contributed by atoms with Crippen LogP contribution in [0.5, 0.6) is 0 Å². The average Bonchev–Trinajstić information content (AvgIpc) is 2.61. The van der Waals surface area contributed by atoms with E-state index >= 15 is 0 Å². The van der Waals surface area contributed by atoms with Gasteiger partial charge in [-0.25, -0.2) is 8.78 Å². The lowest BCUT2D eigenvalue weighted by molar-refractivity contribution is 0.119. The van der Waals surface area contributed by atoms with E-state index in [1.165, 1.54) is 12.1 Å². The van der Waals surface area contributed by atoms with Gasteiger partial charge in [-0.05, 0) is 17.9 Å². The molecule has 0 aromatic heterocycles. The van der Waals surface area contributed by atoms with Gasteiger partial charge < -0.3 is 5.11 Å². The highest BCUT2D eigenvalue weighted by Gasteiger charge is 2.28. The van der Waals surface area contributed by atoms with Gasteiger partial charge in [-0.2, -0.15) is 0 Å². The molecule has 0 bridgehead atoms. The largest absolute Gasteiger partial charge is 0.387 e. The Bertz CT molecular complexity index is 414. The fourth-order valence-corrected chi connectivity index (χ4v) is 2.52. The van der Waals surface area contributed by atoms with Crippen LogP contribution in [0.3, 0.4) is 0 Å². The van der Waals surface area contributed by atoms with Gasteiger partial charge in [0.1, 0.15) is 0 Å². The first-order valence-corrected chi connectivity index (χ1v) is 6.33. The normalized spacial score (nSPS) is 26.5. The summed E-state index contributed by atoms with van der Waals surface area (Å²) < 4.78 is 26.6. The summed E-state index contributed by atoms with van der Waals surface area (Å²) >= 11 is 0. The molecular formula is C14H19F2NO. The van der Waals surface area contributed by atoms with Crippen LogP contribution in [0.4, 0.5) is 8.78 Å². The lowest BCUT2D eigenvalue weighted by Crippen LogP contribution is -2.27. The van der Waals surface area contributed by atoms with Crippen LogP contribution in [0, 0.1) is 23.5 Å². The van der Waals surface area contributed by atoms with Gasteiger partial charge in [-0.15, -0.1) is 0 Å². The van der Waals surface area contributed by atoms with E-state index in [1.54, 1.807) is 0 Å². The standard InChI is InChI=1S/C14H19F2NO/c1-9-6-17(7-10(9)2)8-13(18)11-4-3-5-12(15)14(11)16/h3-5,9-10,13,18H,6-8H2,1-2H3. The fraction of sp³-hybridized carbons (Fsp3) is 0.571. The summed E-state index contributed by atoms with van der Waals surface area (Å²) in [5.41, 5.74) is 0.0437. The maximum Gasteiger partial charge on any atom is 0.164 e. The Morgan fingerprint density at radius 3 is 2.50 bits per heavy atom. The Morgan fingerprint density at radius 1 is 1.28 bits per heavy atom. The molecule has 1 aromatic carbocycles. The van der Waals surface area contributed by atoms with E-state index in [1.807, 2.05) is 0 Å². The van der Waals surface area contributed by atoms with Crippen molar-refractivity contribution in [3.63, 3.8) is 0 Å². The molecule has 0 aliphatic carbocycles. The predicted octanol–water partition coefficient (Wildman–Crippen LogP) is 2.59. The number of hydrogen-bond acceptors (Lipinski definition) is 2. The molecule has 18 heavy (non-hydrogen) atoms. The molecule has 0 amide bonds. The highest BCUT2D eigenvalue weighted by molar-refractivity contribution is 5.21. The van der Waals surface area contributed by atoms with Crippen molar-refractivity contribution < 1.29 is 13.9 Å². The van der Waals surface area contributed by atoms with Crippen molar-refractivity contribution in [3.05, 3.63) is 35.4 Å². The van der Waals surface area contributed by atoms with Crippen molar-refractivity contribution in [2.75, 3.05) is 19.6 Å². The van der Waals surface area contributed by atoms with Crippen molar-refractivity contribution in [1.29, 1.82) is 0 Å². The molecule has 3 unspecified atom stereocenters. The third-order valence-corrected chi connectivity index (χ3v) is 3.84. The first kappa shape index (κ1) is 13.4. The SMILES string of the molecule is CC1CN(CC(O)c2cccc(F)c2F)CC1C. The second kappa shape index (κ2) is 5.33. The molecule has 1 aromatic rings. The van der Waals surface area contributed by atoms with Crippen molar-refractivity contribution >= 4 is 0 Å². The number of halogens is 2. The molecule has 0 spiro atoms. The average molecular weight is 255 g/mol. The monoisotopic (exact) mass is 255 g/mol. The van der Waals surface area contributed by atoms with Crippen LogP contribution in [-0.2, 0) is 0 Å². The first-order chi connectivity index (χ1) is 8.49. The molecule has 2 nitrogen and oxygen atoms in total. The second-order valence-electron chi connectivity index (χ2n) is 5.33. The number of likely N-dealkylation sites (tertiary alicyclic amines) is 1. The predicted molar refractivity (Wildman–Crippen MR) is 66.1 cm³/mol. The number of benzene rings is 1. The number of nitrogens with zero attached hydrogens (tertiary/aromatic N) is 1. The Labute approximate surface area is 106 Å². The summed E-state index contributed by atoms with van der Waals surface area (Å²) in [6.07, 6.45) is -0.974. The van der Waals surface area contributed by atoms with Crippen molar-refractivity contribution in [1.82, 2.24) is 4.90 Å². The molecule has 0 saturated carbocycles. The van der Waals surface area contributed by atoms with Crippen molar-refractivity contribution in [3.8, 4) is 0 Å². The van der Waals surface area contributed by atoms with Gasteiger partial charge in [0.25, 0.3) is 0 Å². The highest BCUT2D eigenvalue weighted by atomic mass is 19.2. The van der Waals surface area contributed by atoms with Gasteiger partial charge in [-0.3, -0.25) is 4.90 Å². The molecule has 2 rings (SSSR count). The number of aliphatic hydroxyl groups is 1. The number of β-amino-alcohol motifs (C(OH)–C–C–N with tert-alkyl or cyclic N) is 1. The lowest BCUT2D eigenvalue weighted by atomic mass is 10.0. The minimum atomic E-state index is -0.974. The number of rotatable bonds is 3. The number of hydrogen-bond donors (Lipinski definition) is 1. The molecule has 1 aliphatic rings. The van der Waals surface area contributed by atoms with Crippen molar-refractivity contribution in [2.45, 2.75) is 20.0 Å². The Kier molecular flexibility index (Phi) is 3.97. The summed E-state index contributed by atoms with van der Waals surface area (Å²) in [6.45, 7) is 6.49. The van der Waals surface area contributed by atoms with Crippen molar-refractivity contribution in [2.24, 2.45) is 11.8 Å². The van der Waals surface area contributed by atoms with E-state index in [4.69, 9.17) is 0 Å². The minimum Gasteiger partial charge on any atom is -0.387 e. The van der Waals surface area contributed by atoms with Gasteiger partial charge in [0.15, 0.2) is 11.6 Å². The minimum absolute atomic E-state index is 0.0437. The second-order valence-corrected chi connectivity index (χ2v) is 5.33. The zero-order valence-electron chi connectivity index (χ0n) is 10.7. The van der Waals surface area contributed by atoms with Crippen LogP contribution < -0.4 is 0 Å². The summed E-state index contributed by atoms with van der Waals surface area (Å²) in [7, 11) is 0. The topological polar surface area (TPSA) is 23.5 Å². The van der Waals surface area contributed by atoms with Crippen LogP contribution in [0.1, 0.15) is 25.5 Å². The van der Waals surface area contributed by atoms with Crippen LogP contribution in [0.15, 0.2) is 18.2 Å². The van der Waals surface area contributed by atoms with Crippen LogP contribution in [0.2, 0.25) is 0 Å². The molecule has 1 fully saturated rings. The smallest absolute Gasteiger partial charge is 0.164 e. The van der Waals surface area contributed by atoms with Crippen LogP contribution in [0.25, 0.3) is 0 Å². The van der Waals surface area contributed by atoms with E-state index in [0.717, 1.165) is 19.2 Å². The number of aliphatic hydroxyl groups excluding tert-OH is 1. The molecule has 4 heteroatoms. The van der Waals surface area contributed by atoms with E-state index in [0.29, 0.717) is 18.4 Å². The summed E-state index contributed by atoms with van der Waals surface area (Å²) in [5.74, 6) is -0.691. The summed E-state index contributed by atoms with van der Waals surface area (Å²) in [4.78, 5) is 2.10. The third-order valence-electron chi connectivity index (χ3n) is 3.84. The fourth-order valence-electron chi connectivity index (χ4n) is 2.52. The van der Waals surface area contributed by atoms with Gasteiger partial charge in [-0.1, -0.05) is 26.0 Å². The van der Waals surface area contributed by atoms with Gasteiger partial charge in [0, 0.05) is 25.2 Å². The summed E-state index contributed by atoms with van der Waals surface area (Å²) in [6, 6.07) is 3.92. The van der Waals surface area contributed by atoms with Crippen LogP contribution in [-0.4, -0.2) is 29.6 Å². The molecule has 100 valence electrons. The lowest BCUT2D eigenvalue weighted by Gasteiger charge is -2.20. The molecule has 0 radical (unpaired) electrons.